The number of benzene rings is 3. The van der Waals surface area contributed by atoms with Crippen LogP contribution in [0.3, 0.4) is 0 Å². The van der Waals surface area contributed by atoms with Gasteiger partial charge in [-0.25, -0.2) is 9.59 Å². The van der Waals surface area contributed by atoms with Gasteiger partial charge in [-0.1, -0.05) is 160 Å². The fraction of sp³-hybridized carbons (Fsp3) is 0.435. The number of hydrogen-bond acceptors (Lipinski definition) is 15. The highest BCUT2D eigenvalue weighted by Crippen LogP contribution is 2.64. The predicted molar refractivity (Wildman–Crippen MR) is 319 cm³/mol. The van der Waals surface area contributed by atoms with Crippen molar-refractivity contribution in [2.24, 2.45) is 16.7 Å². The molecule has 2 saturated carbocycles. The first-order valence-electron chi connectivity index (χ1n) is 29.3. The van der Waals surface area contributed by atoms with Gasteiger partial charge in [-0.05, 0) is 99.8 Å². The molecule has 16 heteroatoms. The number of rotatable bonds is 25. The van der Waals surface area contributed by atoms with Gasteiger partial charge >= 0.3 is 29.8 Å². The highest BCUT2D eigenvalue weighted by molar-refractivity contribution is 5.96. The molecule has 0 spiro atoms. The van der Waals surface area contributed by atoms with Crippen molar-refractivity contribution >= 4 is 41.5 Å². The van der Waals surface area contributed by atoms with E-state index in [1.54, 1.807) is 92.7 Å². The third-order valence-corrected chi connectivity index (χ3v) is 16.8. The number of amides is 1. The lowest BCUT2D eigenvalue weighted by atomic mass is 9.44. The van der Waals surface area contributed by atoms with E-state index in [-0.39, 0.29) is 48.1 Å². The maximum atomic E-state index is 15.8. The smallest absolute Gasteiger partial charge is 0.350 e. The van der Waals surface area contributed by atoms with E-state index in [0.29, 0.717) is 12.0 Å². The molecule has 3 N–H and O–H groups in total. The predicted octanol–water partition coefficient (Wildman–Crippen LogP) is 10.8. The van der Waals surface area contributed by atoms with Gasteiger partial charge in [0.1, 0.15) is 30.0 Å². The lowest BCUT2D eigenvalue weighted by molar-refractivity contribution is -0.346. The molecule has 1 heterocycles. The Kier molecular flexibility index (Phi) is 22.4. The summed E-state index contributed by atoms with van der Waals surface area (Å²) in [5, 5.41) is 29.2. The minimum Gasteiger partial charge on any atom is -0.455 e. The van der Waals surface area contributed by atoms with E-state index in [2.05, 4.69) is 66.9 Å². The molecule has 0 radical (unpaired) electrons. The molecule has 3 aromatic rings. The van der Waals surface area contributed by atoms with Gasteiger partial charge in [0.05, 0.1) is 29.6 Å². The minimum absolute atomic E-state index is 0.0256. The molecule has 11 atom stereocenters. The van der Waals surface area contributed by atoms with E-state index in [4.69, 9.17) is 28.4 Å². The van der Waals surface area contributed by atoms with E-state index in [1.807, 2.05) is 18.2 Å². The van der Waals surface area contributed by atoms with Crippen LogP contribution in [0.2, 0.25) is 0 Å². The van der Waals surface area contributed by atoms with Gasteiger partial charge in [0.2, 0.25) is 6.10 Å². The molecule has 0 aromatic heterocycles. The lowest BCUT2D eigenvalue weighted by Gasteiger charge is -2.67. The molecule has 3 aliphatic carbocycles. The lowest BCUT2D eigenvalue weighted by Crippen LogP contribution is -2.82. The van der Waals surface area contributed by atoms with Gasteiger partial charge in [-0.15, -0.1) is 0 Å². The SMILES string of the molecule is CC/C=C\C/C=C\C/C=C\C/C=C\C/C=C\C/C=C/CCC(=O)O[C@@H](C(=O)O[C@H]1C[C@@]2(O)[C@@H](OC(=O)c3ccccc3)C3[C@](C)(C(=O)[C@H](OC(C)=O)C(=C1C)C2(C)C)[C@@H](O)C[C@H]1OC[C@@]31OC(C)=O)[C@@H](NC(=O)c1ccccc1)c1ccccc1. The van der Waals surface area contributed by atoms with Crippen molar-refractivity contribution in [1.29, 1.82) is 0 Å². The molecule has 7 rings (SSSR count). The Balaban J connectivity index is 1.21. The average Bonchev–Trinajstić information content (AvgIpc) is 0.686. The number of allylic oxidation sites excluding steroid dienone is 12. The summed E-state index contributed by atoms with van der Waals surface area (Å²) in [6.07, 6.45) is 19.4. The molecule has 3 fully saturated rings. The summed E-state index contributed by atoms with van der Waals surface area (Å²) in [6.45, 7) is 10.1. The first kappa shape index (κ1) is 64.8. The Hall–Kier alpha value is -7.79. The Morgan fingerprint density at radius 1 is 0.706 bits per heavy atom. The van der Waals surface area contributed by atoms with Crippen molar-refractivity contribution < 1.29 is 72.2 Å². The highest BCUT2D eigenvalue weighted by atomic mass is 16.6. The Morgan fingerprint density at radius 2 is 1.24 bits per heavy atom. The molecule has 1 aliphatic heterocycles. The summed E-state index contributed by atoms with van der Waals surface area (Å²) in [5.74, 6) is -7.73. The first-order chi connectivity index (χ1) is 40.7. The van der Waals surface area contributed by atoms with Gasteiger partial charge in [0, 0.05) is 44.1 Å². The summed E-state index contributed by atoms with van der Waals surface area (Å²) < 4.78 is 37.2. The van der Waals surface area contributed by atoms with E-state index in [1.165, 1.54) is 26.0 Å². The molecule has 4 aliphatic rings. The first-order valence-corrected chi connectivity index (χ1v) is 29.3. The number of carbonyl (C=O) groups excluding carboxylic acids is 7. The number of carbonyl (C=O) groups is 7. The number of nitrogens with one attached hydrogen (secondary N) is 1. The highest BCUT2D eigenvalue weighted by Gasteiger charge is 2.78. The van der Waals surface area contributed by atoms with Crippen LogP contribution in [0, 0.1) is 16.7 Å². The second-order valence-electron chi connectivity index (χ2n) is 22.8. The molecule has 85 heavy (non-hydrogen) atoms. The fourth-order valence-corrected chi connectivity index (χ4v) is 12.3. The van der Waals surface area contributed by atoms with Crippen molar-refractivity contribution in [3.63, 3.8) is 0 Å². The van der Waals surface area contributed by atoms with E-state index < -0.39 is 119 Å². The summed E-state index contributed by atoms with van der Waals surface area (Å²) >= 11 is 0. The largest absolute Gasteiger partial charge is 0.455 e. The van der Waals surface area contributed by atoms with Crippen LogP contribution in [0.25, 0.3) is 0 Å². The van der Waals surface area contributed by atoms with Crippen molar-refractivity contribution in [3.8, 4) is 0 Å². The molecule has 2 bridgehead atoms. The van der Waals surface area contributed by atoms with Gasteiger partial charge in [-0.3, -0.25) is 24.0 Å². The standard InChI is InChI=1S/C69H81NO15/c1-8-9-10-11-12-13-14-15-16-17-18-19-20-21-22-23-24-25-35-42-55(74)83-59(57(49-36-29-26-30-37-49)70-63(76)50-38-31-27-32-39-50)65(78)82-52-44-69(79)62(84-64(77)51-40-33-28-34-41-51)60-67(7,53(73)43-54-68(60,45-80-54)85-48(4)72)61(75)58(81-47(3)71)56(46(52)2)66(69,5)6/h9-10,12-13,15-16,18-19,21-22,24-34,36-41,52-54,57-60,62,73,79H,8,11,14,17,20,23,35,42-45H2,1-7H3,(H,70,76)/b10-9-,13-12-,16-15-,19-18-,22-21-,25-24+/t52-,53-,54+,57-,58+,59+,60?,62-,67+,68-,69+/m0/s1. The molecule has 3 aromatic carbocycles. The zero-order chi connectivity index (χ0) is 61.4. The summed E-state index contributed by atoms with van der Waals surface area (Å²) in [4.78, 5) is 101. The normalized spacial score (nSPS) is 27.0. The molecular formula is C69H81NO15. The Morgan fingerprint density at radius 3 is 1.75 bits per heavy atom. The number of fused-ring (bicyclic) bond motifs is 5. The molecule has 1 unspecified atom stereocenters. The number of hydrogen-bond donors (Lipinski definition) is 3. The van der Waals surface area contributed by atoms with Crippen molar-refractivity contribution in [2.45, 2.75) is 167 Å². The third kappa shape index (κ3) is 14.8. The van der Waals surface area contributed by atoms with Crippen LogP contribution in [0.5, 0.6) is 0 Å². The van der Waals surface area contributed by atoms with Crippen LogP contribution < -0.4 is 5.32 Å². The third-order valence-electron chi connectivity index (χ3n) is 16.8. The number of Topliss-reactive ketones (excluding diaryl/α,β-unsaturated/α-hetero) is 1. The molecular weight excluding hydrogens is 1080 g/mol. The van der Waals surface area contributed by atoms with Crippen LogP contribution in [0.4, 0.5) is 0 Å². The van der Waals surface area contributed by atoms with E-state index in [9.17, 15) is 34.2 Å². The minimum atomic E-state index is -2.46. The zero-order valence-corrected chi connectivity index (χ0v) is 49.7. The van der Waals surface area contributed by atoms with Crippen LogP contribution in [0.1, 0.15) is 145 Å². The van der Waals surface area contributed by atoms with Crippen LogP contribution in [-0.2, 0) is 52.4 Å². The monoisotopic (exact) mass is 1160 g/mol. The van der Waals surface area contributed by atoms with Crippen molar-refractivity contribution in [1.82, 2.24) is 5.32 Å². The Bertz CT molecular complexity index is 3070. The van der Waals surface area contributed by atoms with Crippen molar-refractivity contribution in [3.05, 3.63) is 192 Å². The summed E-state index contributed by atoms with van der Waals surface area (Å²) in [7, 11) is 0. The van der Waals surface area contributed by atoms with Gasteiger partial charge in [0.25, 0.3) is 5.91 Å². The quantitative estimate of drug-likeness (QED) is 0.0407. The topological polar surface area (TPSA) is 227 Å². The van der Waals surface area contributed by atoms with Gasteiger partial charge in [-0.2, -0.15) is 0 Å². The second-order valence-corrected chi connectivity index (χ2v) is 22.8. The Labute approximate surface area is 498 Å². The molecule has 16 nitrogen and oxygen atoms in total. The number of ketones is 1. The number of aliphatic hydroxyl groups is 2. The van der Waals surface area contributed by atoms with Gasteiger partial charge < -0.3 is 44.0 Å². The number of esters is 5. The van der Waals surface area contributed by atoms with E-state index >= 15 is 9.59 Å². The van der Waals surface area contributed by atoms with Crippen LogP contribution in [0.15, 0.2) is 175 Å². The maximum absolute atomic E-state index is 15.8. The average molecular weight is 1160 g/mol. The van der Waals surface area contributed by atoms with Gasteiger partial charge in [0.15, 0.2) is 17.5 Å². The zero-order valence-electron chi connectivity index (χ0n) is 49.7. The maximum Gasteiger partial charge on any atom is 0.350 e. The number of aliphatic hydroxyl groups excluding tert-OH is 1. The van der Waals surface area contributed by atoms with Crippen molar-refractivity contribution in [2.75, 3.05) is 6.61 Å². The van der Waals surface area contributed by atoms with E-state index in [0.717, 1.165) is 46.0 Å². The van der Waals surface area contributed by atoms with Crippen LogP contribution >= 0.6 is 0 Å². The second kappa shape index (κ2) is 29.3. The molecule has 452 valence electrons. The van der Waals surface area contributed by atoms with Crippen LogP contribution in [-0.4, -0.2) is 106 Å². The number of ether oxygens (including phenoxy) is 6. The fourth-order valence-electron chi connectivity index (χ4n) is 12.3. The summed E-state index contributed by atoms with van der Waals surface area (Å²) in [5.41, 5.74) is -7.33. The molecule has 1 amide bonds. The summed E-state index contributed by atoms with van der Waals surface area (Å²) in [6, 6.07) is 23.1. The molecule has 1 saturated heterocycles.